The summed E-state index contributed by atoms with van der Waals surface area (Å²) >= 11 is 0. The fraction of sp³-hybridized carbons (Fsp3) is 0.462. The minimum absolute atomic E-state index is 0.0488. The normalized spacial score (nSPS) is 19.1. The molecular formula is C13H16FN3O3. The summed E-state index contributed by atoms with van der Waals surface area (Å²) in [5.41, 5.74) is -0.332. The van der Waals surface area contributed by atoms with E-state index in [9.17, 15) is 19.3 Å². The molecule has 0 aliphatic carbocycles. The molecular weight excluding hydrogens is 265 g/mol. The minimum Gasteiger partial charge on any atom is -0.348 e. The standard InChI is InChI=1S/C13H16FN3O3/c1-8-5-11(14)10(6-12(8)17(19)20)13(18)15-9-3-4-16(2)7-9/h5-6,9H,3-4,7H2,1-2H3,(H,15,18). The Hall–Kier alpha value is -2.02. The van der Waals surface area contributed by atoms with Gasteiger partial charge in [-0.3, -0.25) is 14.9 Å². The van der Waals surface area contributed by atoms with Gasteiger partial charge in [0.1, 0.15) is 5.82 Å². The molecule has 0 saturated carbocycles. The first-order chi connectivity index (χ1) is 9.38. The first kappa shape index (κ1) is 14.4. The van der Waals surface area contributed by atoms with Gasteiger partial charge in [0.15, 0.2) is 0 Å². The molecule has 7 heteroatoms. The van der Waals surface area contributed by atoms with E-state index in [-0.39, 0.29) is 22.9 Å². The van der Waals surface area contributed by atoms with Crippen molar-refractivity contribution in [2.45, 2.75) is 19.4 Å². The number of aryl methyl sites for hydroxylation is 1. The van der Waals surface area contributed by atoms with Gasteiger partial charge < -0.3 is 10.2 Å². The molecule has 1 aromatic rings. The van der Waals surface area contributed by atoms with Gasteiger partial charge in [0, 0.05) is 24.2 Å². The highest BCUT2D eigenvalue weighted by atomic mass is 19.1. The van der Waals surface area contributed by atoms with Crippen LogP contribution in [-0.4, -0.2) is 41.9 Å². The summed E-state index contributed by atoms with van der Waals surface area (Å²) in [5, 5.41) is 13.5. The van der Waals surface area contributed by atoms with E-state index in [1.807, 2.05) is 7.05 Å². The van der Waals surface area contributed by atoms with E-state index < -0.39 is 16.6 Å². The topological polar surface area (TPSA) is 75.5 Å². The van der Waals surface area contributed by atoms with Crippen LogP contribution in [0.5, 0.6) is 0 Å². The molecule has 1 atom stereocenters. The number of nitro groups is 1. The van der Waals surface area contributed by atoms with Crippen LogP contribution in [0.3, 0.4) is 0 Å². The Labute approximate surface area is 115 Å². The number of nitro benzene ring substituents is 1. The molecule has 6 nitrogen and oxygen atoms in total. The third-order valence-corrected chi connectivity index (χ3v) is 3.45. The van der Waals surface area contributed by atoms with Crippen molar-refractivity contribution in [2.24, 2.45) is 0 Å². The van der Waals surface area contributed by atoms with Crippen LogP contribution >= 0.6 is 0 Å². The van der Waals surface area contributed by atoms with E-state index in [2.05, 4.69) is 10.2 Å². The zero-order valence-corrected chi connectivity index (χ0v) is 11.4. The van der Waals surface area contributed by atoms with E-state index in [1.165, 1.54) is 6.92 Å². The molecule has 1 amide bonds. The summed E-state index contributed by atoms with van der Waals surface area (Å²) in [6.45, 7) is 3.00. The molecule has 1 saturated heterocycles. The van der Waals surface area contributed by atoms with Gasteiger partial charge in [-0.2, -0.15) is 0 Å². The molecule has 0 radical (unpaired) electrons. The van der Waals surface area contributed by atoms with E-state index in [1.54, 1.807) is 0 Å². The number of nitrogens with zero attached hydrogens (tertiary/aromatic N) is 2. The predicted molar refractivity (Wildman–Crippen MR) is 71.2 cm³/mol. The molecule has 1 fully saturated rings. The molecule has 2 rings (SSSR count). The lowest BCUT2D eigenvalue weighted by atomic mass is 10.1. The van der Waals surface area contributed by atoms with Crippen LogP contribution in [0, 0.1) is 22.9 Å². The average Bonchev–Trinajstić information content (AvgIpc) is 2.74. The molecule has 0 aromatic heterocycles. The fourth-order valence-electron chi connectivity index (χ4n) is 2.35. The van der Waals surface area contributed by atoms with Gasteiger partial charge in [-0.05, 0) is 33.0 Å². The third kappa shape index (κ3) is 2.93. The van der Waals surface area contributed by atoms with Crippen molar-refractivity contribution in [3.8, 4) is 0 Å². The lowest BCUT2D eigenvalue weighted by molar-refractivity contribution is -0.385. The van der Waals surface area contributed by atoms with Crippen molar-refractivity contribution in [1.82, 2.24) is 10.2 Å². The summed E-state index contributed by atoms with van der Waals surface area (Å²) in [4.78, 5) is 24.3. The molecule has 1 unspecified atom stereocenters. The maximum absolute atomic E-state index is 13.8. The van der Waals surface area contributed by atoms with Crippen LogP contribution < -0.4 is 5.32 Å². The van der Waals surface area contributed by atoms with E-state index in [0.717, 1.165) is 25.1 Å². The van der Waals surface area contributed by atoms with Crippen molar-refractivity contribution in [3.05, 3.63) is 39.2 Å². The summed E-state index contributed by atoms with van der Waals surface area (Å²) in [5.74, 6) is -1.34. The number of likely N-dealkylation sites (N-methyl/N-ethyl adjacent to an activating group) is 1. The number of rotatable bonds is 3. The van der Waals surface area contributed by atoms with Crippen LogP contribution in [0.2, 0.25) is 0 Å². The Morgan fingerprint density at radius 2 is 2.25 bits per heavy atom. The minimum atomic E-state index is -0.739. The number of carbonyl (C=O) groups excluding carboxylic acids is 1. The highest BCUT2D eigenvalue weighted by Crippen LogP contribution is 2.22. The largest absolute Gasteiger partial charge is 0.348 e. The van der Waals surface area contributed by atoms with Crippen LogP contribution in [0.25, 0.3) is 0 Å². The highest BCUT2D eigenvalue weighted by Gasteiger charge is 2.25. The van der Waals surface area contributed by atoms with E-state index in [0.29, 0.717) is 6.54 Å². The second-order valence-electron chi connectivity index (χ2n) is 5.10. The van der Waals surface area contributed by atoms with Gasteiger partial charge in [-0.15, -0.1) is 0 Å². The SMILES string of the molecule is Cc1cc(F)c(C(=O)NC2CCN(C)C2)cc1[N+](=O)[O-]. The molecule has 20 heavy (non-hydrogen) atoms. The summed E-state index contributed by atoms with van der Waals surface area (Å²) in [6.07, 6.45) is 0.789. The first-order valence-corrected chi connectivity index (χ1v) is 6.32. The molecule has 0 bridgehead atoms. The molecule has 1 aromatic carbocycles. The third-order valence-electron chi connectivity index (χ3n) is 3.45. The number of carbonyl (C=O) groups is 1. The number of amides is 1. The van der Waals surface area contributed by atoms with Crippen LogP contribution in [-0.2, 0) is 0 Å². The van der Waals surface area contributed by atoms with Gasteiger partial charge in [-0.25, -0.2) is 4.39 Å². The van der Waals surface area contributed by atoms with Crippen molar-refractivity contribution < 1.29 is 14.1 Å². The van der Waals surface area contributed by atoms with Crippen molar-refractivity contribution >= 4 is 11.6 Å². The zero-order chi connectivity index (χ0) is 14.9. The van der Waals surface area contributed by atoms with Gasteiger partial charge in [-0.1, -0.05) is 0 Å². The molecule has 1 aliphatic heterocycles. The molecule has 1 heterocycles. The Morgan fingerprint density at radius 3 is 2.80 bits per heavy atom. The second kappa shape index (κ2) is 5.54. The van der Waals surface area contributed by atoms with Gasteiger partial charge in [0.2, 0.25) is 0 Å². The predicted octanol–water partition coefficient (Wildman–Crippen LogP) is 1.48. The van der Waals surface area contributed by atoms with Crippen LogP contribution in [0.1, 0.15) is 22.3 Å². The molecule has 0 spiro atoms. The number of hydrogen-bond acceptors (Lipinski definition) is 4. The molecule has 1 N–H and O–H groups in total. The van der Waals surface area contributed by atoms with E-state index >= 15 is 0 Å². The summed E-state index contributed by atoms with van der Waals surface area (Å²) < 4.78 is 13.8. The van der Waals surface area contributed by atoms with Crippen LogP contribution in [0.15, 0.2) is 12.1 Å². The Kier molecular flexibility index (Phi) is 3.99. The fourth-order valence-corrected chi connectivity index (χ4v) is 2.35. The molecule has 108 valence electrons. The van der Waals surface area contributed by atoms with E-state index in [4.69, 9.17) is 0 Å². The van der Waals surface area contributed by atoms with Gasteiger partial charge >= 0.3 is 0 Å². The number of hydrogen-bond donors (Lipinski definition) is 1. The smallest absolute Gasteiger partial charge is 0.273 e. The number of benzene rings is 1. The monoisotopic (exact) mass is 281 g/mol. The zero-order valence-electron chi connectivity index (χ0n) is 11.4. The maximum Gasteiger partial charge on any atom is 0.273 e. The lowest BCUT2D eigenvalue weighted by Crippen LogP contribution is -2.37. The summed E-state index contributed by atoms with van der Waals surface area (Å²) in [7, 11) is 1.93. The van der Waals surface area contributed by atoms with Crippen molar-refractivity contribution in [2.75, 3.05) is 20.1 Å². The molecule has 1 aliphatic rings. The summed E-state index contributed by atoms with van der Waals surface area (Å²) in [6, 6.07) is 1.97. The quantitative estimate of drug-likeness (QED) is 0.672. The average molecular weight is 281 g/mol. The first-order valence-electron chi connectivity index (χ1n) is 6.32. The number of nitrogens with one attached hydrogen (secondary N) is 1. The second-order valence-corrected chi connectivity index (χ2v) is 5.10. The Morgan fingerprint density at radius 1 is 1.55 bits per heavy atom. The Balaban J connectivity index is 2.21. The Bertz CT molecular complexity index is 562. The van der Waals surface area contributed by atoms with Gasteiger partial charge in [0.05, 0.1) is 10.5 Å². The highest BCUT2D eigenvalue weighted by molar-refractivity contribution is 5.95. The maximum atomic E-state index is 13.8. The lowest BCUT2D eigenvalue weighted by Gasteiger charge is -2.13. The van der Waals surface area contributed by atoms with Gasteiger partial charge in [0.25, 0.3) is 11.6 Å². The van der Waals surface area contributed by atoms with Crippen molar-refractivity contribution in [3.63, 3.8) is 0 Å². The number of halogens is 1. The van der Waals surface area contributed by atoms with Crippen molar-refractivity contribution in [1.29, 1.82) is 0 Å². The van der Waals surface area contributed by atoms with Crippen LogP contribution in [0.4, 0.5) is 10.1 Å². The number of likely N-dealkylation sites (tertiary alicyclic amines) is 1.